The van der Waals surface area contributed by atoms with E-state index < -0.39 is 16.1 Å². The van der Waals surface area contributed by atoms with Gasteiger partial charge in [0.25, 0.3) is 0 Å². The monoisotopic (exact) mass is 489 g/mol. The highest BCUT2D eigenvalue weighted by molar-refractivity contribution is 7.98. The normalized spacial score (nSPS) is 17.8. The van der Waals surface area contributed by atoms with Gasteiger partial charge in [-0.3, -0.25) is 4.79 Å². The molecule has 1 amide bonds. The van der Waals surface area contributed by atoms with Crippen molar-refractivity contribution in [2.24, 2.45) is 11.8 Å². The summed E-state index contributed by atoms with van der Waals surface area (Å²) in [5.41, 5.74) is 2.59. The average Bonchev–Trinajstić information content (AvgIpc) is 2.78. The molecule has 0 saturated carbocycles. The number of carbonyl (C=O) groups excluding carboxylic acids is 1. The standard InChI is InChI=1S/C25H35N3O3S2/c1-17(2)25(29)26-23-15-22(12-13-24(23)32-5)33(30,31)27-19(4)20-8-10-21(11-9-20)28-14-6-7-18(3)16-28/h8-13,15,17-19,27H,6-7,14,16H2,1-5H3,(H,26,29)/t18-,19-/m0/s1. The Morgan fingerprint density at radius 1 is 1.12 bits per heavy atom. The number of piperidine rings is 1. The zero-order valence-electron chi connectivity index (χ0n) is 20.1. The first kappa shape index (κ1) is 25.6. The number of thioether (sulfide) groups is 1. The number of sulfonamides is 1. The summed E-state index contributed by atoms with van der Waals surface area (Å²) in [4.78, 5) is 15.5. The number of amides is 1. The third-order valence-electron chi connectivity index (χ3n) is 6.01. The molecule has 1 fully saturated rings. The molecule has 1 saturated heterocycles. The van der Waals surface area contributed by atoms with Crippen molar-refractivity contribution in [3.05, 3.63) is 48.0 Å². The van der Waals surface area contributed by atoms with Gasteiger partial charge < -0.3 is 10.2 Å². The minimum atomic E-state index is -3.77. The Kier molecular flexibility index (Phi) is 8.48. The van der Waals surface area contributed by atoms with E-state index >= 15 is 0 Å². The molecule has 6 nitrogen and oxygen atoms in total. The molecule has 0 aromatic heterocycles. The Hall–Kier alpha value is -2.03. The van der Waals surface area contributed by atoms with Crippen molar-refractivity contribution < 1.29 is 13.2 Å². The van der Waals surface area contributed by atoms with Crippen LogP contribution >= 0.6 is 11.8 Å². The van der Waals surface area contributed by atoms with Gasteiger partial charge in [-0.15, -0.1) is 11.8 Å². The predicted octanol–water partition coefficient (Wildman–Crippen LogP) is 5.28. The molecule has 3 rings (SSSR count). The lowest BCUT2D eigenvalue weighted by atomic mass is 9.99. The van der Waals surface area contributed by atoms with Crippen molar-refractivity contribution in [1.29, 1.82) is 0 Å². The van der Waals surface area contributed by atoms with Crippen LogP contribution in [0.15, 0.2) is 52.3 Å². The van der Waals surface area contributed by atoms with Gasteiger partial charge in [0.2, 0.25) is 15.9 Å². The highest BCUT2D eigenvalue weighted by Gasteiger charge is 2.22. The van der Waals surface area contributed by atoms with Crippen LogP contribution in [0.25, 0.3) is 0 Å². The van der Waals surface area contributed by atoms with E-state index in [0.717, 1.165) is 23.5 Å². The Morgan fingerprint density at radius 3 is 2.42 bits per heavy atom. The van der Waals surface area contributed by atoms with Gasteiger partial charge in [0.15, 0.2) is 0 Å². The first-order valence-electron chi connectivity index (χ1n) is 11.5. The van der Waals surface area contributed by atoms with E-state index in [0.29, 0.717) is 11.6 Å². The molecular formula is C25H35N3O3S2. The van der Waals surface area contributed by atoms with Gasteiger partial charge in [-0.25, -0.2) is 13.1 Å². The average molecular weight is 490 g/mol. The molecule has 8 heteroatoms. The second-order valence-corrected chi connectivity index (χ2v) is 11.7. The first-order valence-corrected chi connectivity index (χ1v) is 14.2. The van der Waals surface area contributed by atoms with Crippen LogP contribution in [0.4, 0.5) is 11.4 Å². The van der Waals surface area contributed by atoms with Crippen LogP contribution in [-0.4, -0.2) is 33.7 Å². The summed E-state index contributed by atoms with van der Waals surface area (Å²) in [5.74, 6) is 0.343. The Bertz CT molecular complexity index is 1070. The third-order valence-corrected chi connectivity index (χ3v) is 8.34. The molecule has 0 spiro atoms. The molecular weight excluding hydrogens is 454 g/mol. The SMILES string of the molecule is CSc1ccc(S(=O)(=O)N[C@@H](C)c2ccc(N3CCC[C@H](C)C3)cc2)cc1NC(=O)C(C)C. The van der Waals surface area contributed by atoms with Crippen LogP contribution < -0.4 is 14.9 Å². The molecule has 0 unspecified atom stereocenters. The Labute approximate surface area is 202 Å². The van der Waals surface area contributed by atoms with Crippen molar-refractivity contribution in [1.82, 2.24) is 4.72 Å². The third kappa shape index (κ3) is 6.52. The van der Waals surface area contributed by atoms with E-state index in [1.54, 1.807) is 26.0 Å². The maximum absolute atomic E-state index is 13.1. The van der Waals surface area contributed by atoms with Crippen LogP contribution in [0.5, 0.6) is 0 Å². The van der Waals surface area contributed by atoms with Crippen molar-refractivity contribution in [3.8, 4) is 0 Å². The fourth-order valence-electron chi connectivity index (χ4n) is 4.00. The fourth-order valence-corrected chi connectivity index (χ4v) is 5.79. The second kappa shape index (κ2) is 10.9. The smallest absolute Gasteiger partial charge is 0.241 e. The van der Waals surface area contributed by atoms with Gasteiger partial charge >= 0.3 is 0 Å². The number of benzene rings is 2. The molecule has 1 heterocycles. The van der Waals surface area contributed by atoms with E-state index in [-0.39, 0.29) is 16.7 Å². The lowest BCUT2D eigenvalue weighted by Gasteiger charge is -2.33. The van der Waals surface area contributed by atoms with Gasteiger partial charge in [0.05, 0.1) is 10.6 Å². The summed E-state index contributed by atoms with van der Waals surface area (Å²) in [6.07, 6.45) is 4.37. The van der Waals surface area contributed by atoms with Crippen LogP contribution in [-0.2, 0) is 14.8 Å². The van der Waals surface area contributed by atoms with Gasteiger partial charge in [0.1, 0.15) is 0 Å². The van der Waals surface area contributed by atoms with E-state index in [1.807, 2.05) is 25.3 Å². The van der Waals surface area contributed by atoms with Crippen LogP contribution in [0.1, 0.15) is 52.1 Å². The molecule has 1 aliphatic rings. The van der Waals surface area contributed by atoms with Gasteiger partial charge in [-0.05, 0) is 67.8 Å². The summed E-state index contributed by atoms with van der Waals surface area (Å²) in [5, 5.41) is 2.84. The zero-order valence-corrected chi connectivity index (χ0v) is 21.7. The number of hydrogen-bond donors (Lipinski definition) is 2. The topological polar surface area (TPSA) is 78.5 Å². The van der Waals surface area contributed by atoms with E-state index in [2.05, 4.69) is 34.0 Å². The van der Waals surface area contributed by atoms with E-state index in [4.69, 9.17) is 0 Å². The first-order chi connectivity index (χ1) is 15.6. The number of anilines is 2. The van der Waals surface area contributed by atoms with Crippen molar-refractivity contribution in [3.63, 3.8) is 0 Å². The number of nitrogens with zero attached hydrogens (tertiary/aromatic N) is 1. The lowest BCUT2D eigenvalue weighted by Crippen LogP contribution is -2.34. The highest BCUT2D eigenvalue weighted by Crippen LogP contribution is 2.30. The Balaban J connectivity index is 1.75. The van der Waals surface area contributed by atoms with E-state index in [1.165, 1.54) is 36.4 Å². The molecule has 0 bridgehead atoms. The highest BCUT2D eigenvalue weighted by atomic mass is 32.2. The van der Waals surface area contributed by atoms with Gasteiger partial charge in [0, 0.05) is 35.6 Å². The number of carbonyl (C=O) groups is 1. The van der Waals surface area contributed by atoms with Crippen LogP contribution in [0, 0.1) is 11.8 Å². The molecule has 33 heavy (non-hydrogen) atoms. The maximum atomic E-state index is 13.1. The summed E-state index contributed by atoms with van der Waals surface area (Å²) >= 11 is 1.46. The molecule has 2 N–H and O–H groups in total. The summed E-state index contributed by atoms with van der Waals surface area (Å²) in [7, 11) is -3.77. The largest absolute Gasteiger partial charge is 0.371 e. The predicted molar refractivity (Wildman–Crippen MR) is 137 cm³/mol. The van der Waals surface area contributed by atoms with Crippen LogP contribution in [0.2, 0.25) is 0 Å². The van der Waals surface area contributed by atoms with Gasteiger partial charge in [-0.2, -0.15) is 0 Å². The number of nitrogens with one attached hydrogen (secondary N) is 2. The summed E-state index contributed by atoms with van der Waals surface area (Å²) in [6, 6.07) is 12.6. The minimum absolute atomic E-state index is 0.130. The zero-order chi connectivity index (χ0) is 24.2. The summed E-state index contributed by atoms with van der Waals surface area (Å²) < 4.78 is 29.0. The maximum Gasteiger partial charge on any atom is 0.241 e. The molecule has 2 atom stereocenters. The number of hydrogen-bond acceptors (Lipinski definition) is 5. The summed E-state index contributed by atoms with van der Waals surface area (Å²) in [6.45, 7) is 9.84. The van der Waals surface area contributed by atoms with Crippen molar-refractivity contribution >= 4 is 39.1 Å². The fraction of sp³-hybridized carbons (Fsp3) is 0.480. The van der Waals surface area contributed by atoms with Crippen LogP contribution in [0.3, 0.4) is 0 Å². The second-order valence-electron chi connectivity index (χ2n) is 9.13. The minimum Gasteiger partial charge on any atom is -0.371 e. The molecule has 2 aromatic carbocycles. The molecule has 180 valence electrons. The van der Waals surface area contributed by atoms with Crippen molar-refractivity contribution in [2.45, 2.75) is 56.4 Å². The Morgan fingerprint density at radius 2 is 1.82 bits per heavy atom. The van der Waals surface area contributed by atoms with Crippen molar-refractivity contribution in [2.75, 3.05) is 29.6 Å². The molecule has 0 aliphatic carbocycles. The number of rotatable bonds is 8. The van der Waals surface area contributed by atoms with E-state index in [9.17, 15) is 13.2 Å². The quantitative estimate of drug-likeness (QED) is 0.493. The molecule has 1 aliphatic heterocycles. The molecule has 2 aromatic rings. The van der Waals surface area contributed by atoms with Gasteiger partial charge in [-0.1, -0.05) is 32.9 Å². The lowest BCUT2D eigenvalue weighted by molar-refractivity contribution is -0.118. The molecule has 0 radical (unpaired) electrons.